The molecule has 1 aliphatic rings. The first kappa shape index (κ1) is 25.1. The summed E-state index contributed by atoms with van der Waals surface area (Å²) in [6, 6.07) is 5.79. The molecule has 1 atom stereocenters. The van der Waals surface area contributed by atoms with Crippen molar-refractivity contribution < 1.29 is 9.13 Å². The van der Waals surface area contributed by atoms with Crippen LogP contribution in [0.1, 0.15) is 50.7 Å². The fourth-order valence-electron chi connectivity index (χ4n) is 3.48. The highest BCUT2D eigenvalue weighted by Crippen LogP contribution is 2.16. The summed E-state index contributed by atoms with van der Waals surface area (Å²) in [5.74, 6) is 0.573. The summed E-state index contributed by atoms with van der Waals surface area (Å²) in [4.78, 5) is 7.22. The predicted molar refractivity (Wildman–Crippen MR) is 125 cm³/mol. The van der Waals surface area contributed by atoms with Crippen molar-refractivity contribution in [1.29, 1.82) is 0 Å². The van der Waals surface area contributed by atoms with Gasteiger partial charge in [0.1, 0.15) is 5.82 Å². The van der Waals surface area contributed by atoms with Crippen molar-refractivity contribution >= 4 is 29.9 Å². The van der Waals surface area contributed by atoms with Crippen molar-refractivity contribution in [3.05, 3.63) is 35.1 Å². The Morgan fingerprint density at radius 3 is 2.86 bits per heavy atom. The Kier molecular flexibility index (Phi) is 12.7. The number of nitrogens with one attached hydrogen (secondary N) is 2. The number of guanidine groups is 1. The Labute approximate surface area is 186 Å². The summed E-state index contributed by atoms with van der Waals surface area (Å²) in [6.07, 6.45) is 5.11. The molecule has 7 heteroatoms. The third-order valence-electron chi connectivity index (χ3n) is 5.03. The number of hydrogen-bond donors (Lipinski definition) is 2. The highest BCUT2D eigenvalue weighted by Gasteiger charge is 2.17. The Balaban J connectivity index is 0.00000392. The maximum atomic E-state index is 13.7. The molecular weight excluding hydrogens is 470 g/mol. The van der Waals surface area contributed by atoms with Crippen LogP contribution in [0.15, 0.2) is 23.2 Å². The highest BCUT2D eigenvalue weighted by atomic mass is 127. The zero-order chi connectivity index (χ0) is 19.5. The molecule has 1 aliphatic heterocycles. The summed E-state index contributed by atoms with van der Waals surface area (Å²) in [5.41, 5.74) is 1.54. The average Bonchev–Trinajstić information content (AvgIpc) is 2.67. The SMILES string of the molecule is CCNC(=NCc1ccc(F)c(COC)c1)NCCCN1CCCCC1C.I. The van der Waals surface area contributed by atoms with Crippen LogP contribution in [-0.4, -0.2) is 50.2 Å². The van der Waals surface area contributed by atoms with Gasteiger partial charge in [-0.1, -0.05) is 12.5 Å². The number of likely N-dealkylation sites (tertiary alicyclic amines) is 1. The van der Waals surface area contributed by atoms with Crippen LogP contribution in [0.2, 0.25) is 0 Å². The normalized spacial score (nSPS) is 17.9. The van der Waals surface area contributed by atoms with Gasteiger partial charge in [-0.25, -0.2) is 9.38 Å². The van der Waals surface area contributed by atoms with E-state index in [0.717, 1.165) is 37.6 Å². The fourth-order valence-corrected chi connectivity index (χ4v) is 3.48. The van der Waals surface area contributed by atoms with Gasteiger partial charge in [0.2, 0.25) is 0 Å². The van der Waals surface area contributed by atoms with E-state index in [9.17, 15) is 4.39 Å². The van der Waals surface area contributed by atoms with Crippen molar-refractivity contribution in [3.8, 4) is 0 Å². The molecule has 1 saturated heterocycles. The number of benzene rings is 1. The first-order valence-corrected chi connectivity index (χ1v) is 10.2. The van der Waals surface area contributed by atoms with E-state index in [1.54, 1.807) is 13.2 Å². The average molecular weight is 506 g/mol. The Morgan fingerprint density at radius 2 is 2.14 bits per heavy atom. The van der Waals surface area contributed by atoms with Crippen LogP contribution >= 0.6 is 24.0 Å². The van der Waals surface area contributed by atoms with E-state index in [-0.39, 0.29) is 36.4 Å². The number of methoxy groups -OCH3 is 1. The lowest BCUT2D eigenvalue weighted by Crippen LogP contribution is -2.41. The number of rotatable bonds is 9. The third kappa shape index (κ3) is 8.61. The number of aliphatic imine (C=N–C) groups is 1. The maximum absolute atomic E-state index is 13.7. The number of piperidine rings is 1. The number of ether oxygens (including phenoxy) is 1. The summed E-state index contributed by atoms with van der Waals surface area (Å²) in [5, 5.41) is 6.69. The highest BCUT2D eigenvalue weighted by molar-refractivity contribution is 14.0. The van der Waals surface area contributed by atoms with Gasteiger partial charge in [0.25, 0.3) is 0 Å². The molecule has 0 saturated carbocycles. The molecule has 0 radical (unpaired) electrons. The third-order valence-corrected chi connectivity index (χ3v) is 5.03. The van der Waals surface area contributed by atoms with E-state index < -0.39 is 0 Å². The molecule has 1 heterocycles. The lowest BCUT2D eigenvalue weighted by Gasteiger charge is -2.33. The Morgan fingerprint density at radius 1 is 1.32 bits per heavy atom. The van der Waals surface area contributed by atoms with E-state index in [4.69, 9.17) is 4.74 Å². The zero-order valence-electron chi connectivity index (χ0n) is 17.5. The first-order valence-electron chi connectivity index (χ1n) is 10.2. The molecule has 2 rings (SSSR count). The topological polar surface area (TPSA) is 48.9 Å². The quantitative estimate of drug-likeness (QED) is 0.231. The summed E-state index contributed by atoms with van der Waals surface area (Å²) in [7, 11) is 1.57. The molecule has 28 heavy (non-hydrogen) atoms. The van der Waals surface area contributed by atoms with Crippen molar-refractivity contribution in [3.63, 3.8) is 0 Å². The van der Waals surface area contributed by atoms with E-state index in [1.807, 2.05) is 6.07 Å². The maximum Gasteiger partial charge on any atom is 0.191 e. The van der Waals surface area contributed by atoms with Gasteiger partial charge < -0.3 is 20.3 Å². The van der Waals surface area contributed by atoms with E-state index in [2.05, 4.69) is 34.4 Å². The van der Waals surface area contributed by atoms with Crippen LogP contribution in [0.3, 0.4) is 0 Å². The molecule has 0 spiro atoms. The van der Waals surface area contributed by atoms with Gasteiger partial charge in [0, 0.05) is 38.3 Å². The molecule has 1 fully saturated rings. The van der Waals surface area contributed by atoms with Crippen LogP contribution < -0.4 is 10.6 Å². The minimum atomic E-state index is -0.235. The molecule has 1 unspecified atom stereocenters. The van der Waals surface area contributed by atoms with Crippen LogP contribution in [0.25, 0.3) is 0 Å². The van der Waals surface area contributed by atoms with E-state index in [0.29, 0.717) is 18.2 Å². The van der Waals surface area contributed by atoms with Gasteiger partial charge >= 0.3 is 0 Å². The first-order chi connectivity index (χ1) is 13.1. The lowest BCUT2D eigenvalue weighted by atomic mass is 10.0. The monoisotopic (exact) mass is 506 g/mol. The molecule has 1 aromatic rings. The second-order valence-corrected chi connectivity index (χ2v) is 7.22. The van der Waals surface area contributed by atoms with Crippen molar-refractivity contribution in [1.82, 2.24) is 15.5 Å². The van der Waals surface area contributed by atoms with E-state index in [1.165, 1.54) is 31.9 Å². The summed E-state index contributed by atoms with van der Waals surface area (Å²) >= 11 is 0. The van der Waals surface area contributed by atoms with Gasteiger partial charge in [-0.2, -0.15) is 0 Å². The molecule has 1 aromatic carbocycles. The van der Waals surface area contributed by atoms with Crippen molar-refractivity contribution in [2.75, 3.05) is 33.3 Å². The Bertz CT molecular complexity index is 600. The standard InChI is InChI=1S/C21H35FN4O.HI/c1-4-23-21(24-11-7-13-26-12-6-5-8-17(26)2)25-15-18-9-10-20(22)19(14-18)16-27-3;/h9-10,14,17H,4-8,11-13,15-16H2,1-3H3,(H2,23,24,25);1H. The van der Waals surface area contributed by atoms with Crippen LogP contribution in [0.4, 0.5) is 4.39 Å². The smallest absolute Gasteiger partial charge is 0.191 e. The minimum absolute atomic E-state index is 0. The lowest BCUT2D eigenvalue weighted by molar-refractivity contribution is 0.159. The van der Waals surface area contributed by atoms with Gasteiger partial charge in [0.05, 0.1) is 13.2 Å². The van der Waals surface area contributed by atoms with Crippen LogP contribution in [-0.2, 0) is 17.9 Å². The number of halogens is 2. The second-order valence-electron chi connectivity index (χ2n) is 7.22. The molecule has 0 aliphatic carbocycles. The molecule has 0 aromatic heterocycles. The summed E-state index contributed by atoms with van der Waals surface area (Å²) in [6.45, 7) is 9.24. The van der Waals surface area contributed by atoms with Crippen LogP contribution in [0, 0.1) is 5.82 Å². The molecule has 0 bridgehead atoms. The second kappa shape index (κ2) is 14.1. The molecular formula is C21H36FIN4O. The zero-order valence-corrected chi connectivity index (χ0v) is 19.8. The molecule has 0 amide bonds. The molecule has 5 nitrogen and oxygen atoms in total. The molecule has 160 valence electrons. The Hall–Kier alpha value is -0.930. The van der Waals surface area contributed by atoms with Crippen molar-refractivity contribution in [2.24, 2.45) is 4.99 Å². The van der Waals surface area contributed by atoms with E-state index >= 15 is 0 Å². The van der Waals surface area contributed by atoms with Crippen LogP contribution in [0.5, 0.6) is 0 Å². The minimum Gasteiger partial charge on any atom is -0.380 e. The largest absolute Gasteiger partial charge is 0.380 e. The number of hydrogen-bond acceptors (Lipinski definition) is 3. The summed E-state index contributed by atoms with van der Waals surface area (Å²) < 4.78 is 18.8. The fraction of sp³-hybridized carbons (Fsp3) is 0.667. The predicted octanol–water partition coefficient (Wildman–Crippen LogP) is 3.91. The molecule has 2 N–H and O–H groups in total. The van der Waals surface area contributed by atoms with Gasteiger partial charge in [-0.15, -0.1) is 24.0 Å². The van der Waals surface area contributed by atoms with Crippen molar-refractivity contribution in [2.45, 2.75) is 58.7 Å². The van der Waals surface area contributed by atoms with Gasteiger partial charge in [-0.3, -0.25) is 0 Å². The van der Waals surface area contributed by atoms with Gasteiger partial charge in [-0.05, 0) is 57.4 Å². The number of nitrogens with zero attached hydrogens (tertiary/aromatic N) is 2. The van der Waals surface area contributed by atoms with Gasteiger partial charge in [0.15, 0.2) is 5.96 Å².